The molecule has 2 heterocycles. The standard InChI is InChI=1S/C13H18N4O2/c1-19-9-7-14-5-6-15-13(18)11-10-16-17-8-3-2-4-12(11)17/h2-4,8,10,14H,5-7,9H2,1H3,(H,15,18). The van der Waals surface area contributed by atoms with Crippen molar-refractivity contribution in [3.8, 4) is 0 Å². The molecule has 0 saturated heterocycles. The fourth-order valence-corrected chi connectivity index (χ4v) is 1.77. The largest absolute Gasteiger partial charge is 0.383 e. The molecule has 0 radical (unpaired) electrons. The summed E-state index contributed by atoms with van der Waals surface area (Å²) in [7, 11) is 1.66. The van der Waals surface area contributed by atoms with Crippen molar-refractivity contribution in [2.75, 3.05) is 33.4 Å². The van der Waals surface area contributed by atoms with Gasteiger partial charge in [0.1, 0.15) is 0 Å². The van der Waals surface area contributed by atoms with Crippen LogP contribution in [0.25, 0.3) is 5.52 Å². The summed E-state index contributed by atoms with van der Waals surface area (Å²) in [4.78, 5) is 12.0. The molecule has 6 nitrogen and oxygen atoms in total. The highest BCUT2D eigenvalue weighted by atomic mass is 16.5. The van der Waals surface area contributed by atoms with E-state index in [-0.39, 0.29) is 5.91 Å². The number of hydrogen-bond donors (Lipinski definition) is 2. The van der Waals surface area contributed by atoms with Crippen molar-refractivity contribution in [1.82, 2.24) is 20.2 Å². The summed E-state index contributed by atoms with van der Waals surface area (Å²) < 4.78 is 6.60. The second-order valence-electron chi connectivity index (χ2n) is 4.09. The quantitative estimate of drug-likeness (QED) is 0.704. The number of amides is 1. The number of methoxy groups -OCH3 is 1. The van der Waals surface area contributed by atoms with E-state index in [4.69, 9.17) is 4.74 Å². The number of carbonyl (C=O) groups excluding carboxylic acids is 1. The first kappa shape index (κ1) is 13.5. The first-order chi connectivity index (χ1) is 9.33. The highest BCUT2D eigenvalue weighted by Crippen LogP contribution is 2.09. The molecule has 6 heteroatoms. The third-order valence-electron chi connectivity index (χ3n) is 2.74. The van der Waals surface area contributed by atoms with Crippen molar-refractivity contribution >= 4 is 11.4 Å². The molecule has 0 fully saturated rings. The molecule has 0 saturated carbocycles. The maximum atomic E-state index is 12.0. The summed E-state index contributed by atoms with van der Waals surface area (Å²) in [5.74, 6) is -0.102. The van der Waals surface area contributed by atoms with Gasteiger partial charge in [-0.3, -0.25) is 4.79 Å². The molecule has 0 atom stereocenters. The number of hydrogen-bond acceptors (Lipinski definition) is 4. The lowest BCUT2D eigenvalue weighted by Crippen LogP contribution is -2.33. The Bertz CT molecular complexity index is 538. The van der Waals surface area contributed by atoms with E-state index in [0.29, 0.717) is 25.3 Å². The minimum Gasteiger partial charge on any atom is -0.383 e. The maximum Gasteiger partial charge on any atom is 0.255 e. The van der Waals surface area contributed by atoms with Crippen LogP contribution in [0.2, 0.25) is 0 Å². The second kappa shape index (κ2) is 6.86. The van der Waals surface area contributed by atoms with Crippen molar-refractivity contribution < 1.29 is 9.53 Å². The Balaban J connectivity index is 1.83. The Morgan fingerprint density at radius 1 is 1.37 bits per heavy atom. The van der Waals surface area contributed by atoms with Gasteiger partial charge in [-0.25, -0.2) is 4.52 Å². The number of carbonyl (C=O) groups is 1. The zero-order chi connectivity index (χ0) is 13.5. The molecular weight excluding hydrogens is 244 g/mol. The highest BCUT2D eigenvalue weighted by Gasteiger charge is 2.10. The summed E-state index contributed by atoms with van der Waals surface area (Å²) in [6.45, 7) is 2.74. The summed E-state index contributed by atoms with van der Waals surface area (Å²) in [5.41, 5.74) is 1.41. The molecule has 102 valence electrons. The van der Waals surface area contributed by atoms with E-state index in [1.807, 2.05) is 24.4 Å². The number of rotatable bonds is 7. The van der Waals surface area contributed by atoms with Gasteiger partial charge in [0.05, 0.1) is 23.9 Å². The van der Waals surface area contributed by atoms with Gasteiger partial charge >= 0.3 is 0 Å². The Hall–Kier alpha value is -1.92. The predicted octanol–water partition coefficient (Wildman–Crippen LogP) is 0.300. The summed E-state index contributed by atoms with van der Waals surface area (Å²) in [6, 6.07) is 5.64. The summed E-state index contributed by atoms with van der Waals surface area (Å²) >= 11 is 0. The van der Waals surface area contributed by atoms with Crippen LogP contribution in [0, 0.1) is 0 Å². The van der Waals surface area contributed by atoms with Gasteiger partial charge in [0.15, 0.2) is 0 Å². The van der Waals surface area contributed by atoms with Gasteiger partial charge in [-0.1, -0.05) is 6.07 Å². The molecule has 0 aliphatic heterocycles. The number of aromatic nitrogens is 2. The predicted molar refractivity (Wildman–Crippen MR) is 72.3 cm³/mol. The van der Waals surface area contributed by atoms with Crippen molar-refractivity contribution in [2.45, 2.75) is 0 Å². The van der Waals surface area contributed by atoms with Crippen LogP contribution < -0.4 is 10.6 Å². The van der Waals surface area contributed by atoms with E-state index in [1.165, 1.54) is 0 Å². The van der Waals surface area contributed by atoms with Crippen LogP contribution in [0.5, 0.6) is 0 Å². The molecule has 0 spiro atoms. The number of ether oxygens (including phenoxy) is 1. The molecule has 0 bridgehead atoms. The molecule has 19 heavy (non-hydrogen) atoms. The lowest BCUT2D eigenvalue weighted by molar-refractivity contribution is 0.0955. The van der Waals surface area contributed by atoms with Crippen molar-refractivity contribution in [3.05, 3.63) is 36.2 Å². The minimum atomic E-state index is -0.102. The zero-order valence-electron chi connectivity index (χ0n) is 10.9. The Kier molecular flexibility index (Phi) is 4.88. The van der Waals surface area contributed by atoms with Crippen LogP contribution in [-0.4, -0.2) is 48.9 Å². The SMILES string of the molecule is COCCNCCNC(=O)c1cnn2ccccc12. The van der Waals surface area contributed by atoms with E-state index in [0.717, 1.165) is 12.1 Å². The molecule has 0 aromatic carbocycles. The fourth-order valence-electron chi connectivity index (χ4n) is 1.77. The molecule has 2 aromatic heterocycles. The van der Waals surface area contributed by atoms with E-state index in [1.54, 1.807) is 17.8 Å². The maximum absolute atomic E-state index is 12.0. The van der Waals surface area contributed by atoms with Crippen molar-refractivity contribution in [2.24, 2.45) is 0 Å². The third kappa shape index (κ3) is 3.52. The molecule has 2 N–H and O–H groups in total. The summed E-state index contributed by atoms with van der Waals surface area (Å²) in [5, 5.41) is 10.2. The van der Waals surface area contributed by atoms with E-state index < -0.39 is 0 Å². The van der Waals surface area contributed by atoms with Crippen LogP contribution in [0.1, 0.15) is 10.4 Å². The molecule has 1 amide bonds. The average Bonchev–Trinajstić information content (AvgIpc) is 2.86. The van der Waals surface area contributed by atoms with Gasteiger partial charge in [0, 0.05) is 32.9 Å². The number of nitrogens with one attached hydrogen (secondary N) is 2. The lowest BCUT2D eigenvalue weighted by Gasteiger charge is -2.05. The first-order valence-corrected chi connectivity index (χ1v) is 6.23. The Morgan fingerprint density at radius 3 is 3.11 bits per heavy atom. The van der Waals surface area contributed by atoms with Crippen LogP contribution in [-0.2, 0) is 4.74 Å². The molecular formula is C13H18N4O2. The van der Waals surface area contributed by atoms with Crippen LogP contribution >= 0.6 is 0 Å². The van der Waals surface area contributed by atoms with Gasteiger partial charge in [-0.15, -0.1) is 0 Å². The Labute approximate surface area is 111 Å². The van der Waals surface area contributed by atoms with Crippen molar-refractivity contribution in [3.63, 3.8) is 0 Å². The molecule has 2 aromatic rings. The van der Waals surface area contributed by atoms with Crippen LogP contribution in [0.3, 0.4) is 0 Å². The average molecular weight is 262 g/mol. The third-order valence-corrected chi connectivity index (χ3v) is 2.74. The van der Waals surface area contributed by atoms with Gasteiger partial charge in [-0.05, 0) is 12.1 Å². The lowest BCUT2D eigenvalue weighted by atomic mass is 10.2. The van der Waals surface area contributed by atoms with E-state index in [9.17, 15) is 4.79 Å². The van der Waals surface area contributed by atoms with E-state index in [2.05, 4.69) is 15.7 Å². The van der Waals surface area contributed by atoms with Gasteiger partial charge in [0.25, 0.3) is 5.91 Å². The second-order valence-corrected chi connectivity index (χ2v) is 4.09. The first-order valence-electron chi connectivity index (χ1n) is 6.23. The van der Waals surface area contributed by atoms with Gasteiger partial charge in [0.2, 0.25) is 0 Å². The topological polar surface area (TPSA) is 67.7 Å². The molecule has 0 aliphatic carbocycles. The van der Waals surface area contributed by atoms with Crippen LogP contribution in [0.4, 0.5) is 0 Å². The van der Waals surface area contributed by atoms with E-state index >= 15 is 0 Å². The van der Waals surface area contributed by atoms with Crippen LogP contribution in [0.15, 0.2) is 30.6 Å². The number of pyridine rings is 1. The van der Waals surface area contributed by atoms with Gasteiger partial charge in [-0.2, -0.15) is 5.10 Å². The monoisotopic (exact) mass is 262 g/mol. The molecule has 2 rings (SSSR count). The van der Waals surface area contributed by atoms with Crippen molar-refractivity contribution in [1.29, 1.82) is 0 Å². The fraction of sp³-hybridized carbons (Fsp3) is 0.385. The molecule has 0 aliphatic rings. The highest BCUT2D eigenvalue weighted by molar-refractivity contribution is 6.00. The number of fused-ring (bicyclic) bond motifs is 1. The minimum absolute atomic E-state index is 0.102. The van der Waals surface area contributed by atoms with Gasteiger partial charge < -0.3 is 15.4 Å². The normalized spacial score (nSPS) is 10.8. The zero-order valence-corrected chi connectivity index (χ0v) is 10.9. The Morgan fingerprint density at radius 2 is 2.26 bits per heavy atom. The number of nitrogens with zero attached hydrogens (tertiary/aromatic N) is 2. The summed E-state index contributed by atoms with van der Waals surface area (Å²) in [6.07, 6.45) is 3.40. The smallest absolute Gasteiger partial charge is 0.255 e. The molecule has 0 unspecified atom stereocenters.